The van der Waals surface area contributed by atoms with E-state index >= 15 is 0 Å². The van der Waals surface area contributed by atoms with Gasteiger partial charge in [-0.1, -0.05) is 49.6 Å². The van der Waals surface area contributed by atoms with E-state index in [1.165, 1.54) is 63.6 Å². The highest BCUT2D eigenvalue weighted by atomic mass is 15.2. The van der Waals surface area contributed by atoms with E-state index in [1.54, 1.807) is 0 Å². The van der Waals surface area contributed by atoms with E-state index in [1.807, 2.05) is 0 Å². The Kier molecular flexibility index (Phi) is 4.42. The van der Waals surface area contributed by atoms with Crippen molar-refractivity contribution < 1.29 is 0 Å². The molecule has 0 radical (unpaired) electrons. The van der Waals surface area contributed by atoms with Crippen molar-refractivity contribution in [1.29, 1.82) is 0 Å². The minimum atomic E-state index is 0.229. The molecule has 1 saturated heterocycles. The van der Waals surface area contributed by atoms with Crippen molar-refractivity contribution in [3.8, 4) is 0 Å². The molecule has 2 heteroatoms. The molecular formula is C18H28N2. The van der Waals surface area contributed by atoms with Gasteiger partial charge < -0.3 is 10.6 Å². The second kappa shape index (κ2) is 6.28. The van der Waals surface area contributed by atoms with E-state index in [-0.39, 0.29) is 5.41 Å². The van der Waals surface area contributed by atoms with Gasteiger partial charge in [0.1, 0.15) is 0 Å². The van der Waals surface area contributed by atoms with Gasteiger partial charge in [-0.2, -0.15) is 0 Å². The highest BCUT2D eigenvalue weighted by Gasteiger charge is 2.36. The van der Waals surface area contributed by atoms with Crippen molar-refractivity contribution in [3.63, 3.8) is 0 Å². The summed E-state index contributed by atoms with van der Waals surface area (Å²) >= 11 is 0. The van der Waals surface area contributed by atoms with Crippen LogP contribution in [0.1, 0.15) is 50.5 Å². The van der Waals surface area contributed by atoms with Crippen molar-refractivity contribution in [1.82, 2.24) is 4.90 Å². The van der Waals surface area contributed by atoms with Gasteiger partial charge in [0.15, 0.2) is 0 Å². The number of piperidine rings is 1. The average molecular weight is 272 g/mol. The normalized spacial score (nSPS) is 24.6. The van der Waals surface area contributed by atoms with Crippen LogP contribution in [0.15, 0.2) is 30.3 Å². The molecule has 0 spiro atoms. The lowest BCUT2D eigenvalue weighted by Gasteiger charge is -2.45. The third kappa shape index (κ3) is 2.77. The van der Waals surface area contributed by atoms with Crippen LogP contribution in [0.3, 0.4) is 0 Å². The number of benzene rings is 1. The highest BCUT2D eigenvalue weighted by Crippen LogP contribution is 2.36. The Bertz CT molecular complexity index is 401. The first-order valence-corrected chi connectivity index (χ1v) is 8.34. The Morgan fingerprint density at radius 1 is 1.00 bits per heavy atom. The van der Waals surface area contributed by atoms with Crippen molar-refractivity contribution in [2.45, 2.75) is 56.4 Å². The molecule has 1 aromatic carbocycles. The number of nitrogens with zero attached hydrogens (tertiary/aromatic N) is 1. The standard InChI is InChI=1S/C18H28N2/c19-15-18(16-7-3-1-4-8-16)11-13-20(14-12-18)17-9-5-2-6-10-17/h1,3-4,7-8,17H,2,5-6,9-15,19H2. The minimum absolute atomic E-state index is 0.229. The summed E-state index contributed by atoms with van der Waals surface area (Å²) in [6.07, 6.45) is 9.60. The lowest BCUT2D eigenvalue weighted by Crippen LogP contribution is -2.50. The van der Waals surface area contributed by atoms with Crippen molar-refractivity contribution in [2.75, 3.05) is 19.6 Å². The third-order valence-electron chi connectivity index (χ3n) is 5.62. The molecule has 1 aliphatic heterocycles. The maximum atomic E-state index is 6.18. The molecule has 0 unspecified atom stereocenters. The Hall–Kier alpha value is -0.860. The molecule has 1 aliphatic carbocycles. The minimum Gasteiger partial charge on any atom is -0.330 e. The van der Waals surface area contributed by atoms with E-state index in [9.17, 15) is 0 Å². The molecule has 0 bridgehead atoms. The molecule has 0 aromatic heterocycles. The first kappa shape index (κ1) is 14.1. The van der Waals surface area contributed by atoms with Gasteiger partial charge in [0.2, 0.25) is 0 Å². The molecule has 110 valence electrons. The average Bonchev–Trinajstić information content (AvgIpc) is 2.56. The van der Waals surface area contributed by atoms with Crippen LogP contribution in [0.5, 0.6) is 0 Å². The fourth-order valence-corrected chi connectivity index (χ4v) is 4.17. The molecule has 2 nitrogen and oxygen atoms in total. The van der Waals surface area contributed by atoms with Crippen LogP contribution in [0.25, 0.3) is 0 Å². The molecule has 2 aliphatic rings. The molecule has 1 heterocycles. The predicted octanol–water partition coefficient (Wildman–Crippen LogP) is 3.31. The summed E-state index contributed by atoms with van der Waals surface area (Å²) in [7, 11) is 0. The SMILES string of the molecule is NCC1(c2ccccc2)CCN(C2CCCCC2)CC1. The van der Waals surface area contributed by atoms with Gasteiger partial charge in [-0.3, -0.25) is 0 Å². The number of hydrogen-bond acceptors (Lipinski definition) is 2. The zero-order valence-electron chi connectivity index (χ0n) is 12.6. The highest BCUT2D eigenvalue weighted by molar-refractivity contribution is 5.26. The Morgan fingerprint density at radius 2 is 1.65 bits per heavy atom. The number of likely N-dealkylation sites (tertiary alicyclic amines) is 1. The summed E-state index contributed by atoms with van der Waals surface area (Å²) in [5.41, 5.74) is 7.85. The first-order chi connectivity index (χ1) is 9.84. The molecule has 1 aromatic rings. The van der Waals surface area contributed by atoms with Gasteiger partial charge >= 0.3 is 0 Å². The fraction of sp³-hybridized carbons (Fsp3) is 0.667. The first-order valence-electron chi connectivity index (χ1n) is 8.34. The maximum Gasteiger partial charge on any atom is 0.00998 e. The van der Waals surface area contributed by atoms with Crippen molar-refractivity contribution in [2.24, 2.45) is 5.73 Å². The molecule has 0 amide bonds. The van der Waals surface area contributed by atoms with E-state index < -0.39 is 0 Å². The summed E-state index contributed by atoms with van der Waals surface area (Å²) in [5.74, 6) is 0. The second-order valence-corrected chi connectivity index (χ2v) is 6.68. The summed E-state index contributed by atoms with van der Waals surface area (Å²) < 4.78 is 0. The number of rotatable bonds is 3. The molecule has 1 saturated carbocycles. The summed E-state index contributed by atoms with van der Waals surface area (Å²) in [4.78, 5) is 2.75. The van der Waals surface area contributed by atoms with Gasteiger partial charge in [0, 0.05) is 18.0 Å². The van der Waals surface area contributed by atoms with Crippen LogP contribution in [0.4, 0.5) is 0 Å². The van der Waals surface area contributed by atoms with Crippen LogP contribution in [0.2, 0.25) is 0 Å². The quantitative estimate of drug-likeness (QED) is 0.914. The van der Waals surface area contributed by atoms with Gasteiger partial charge in [-0.05, 0) is 44.3 Å². The number of nitrogens with two attached hydrogens (primary N) is 1. The lowest BCUT2D eigenvalue weighted by molar-refractivity contribution is 0.0947. The van der Waals surface area contributed by atoms with E-state index in [0.717, 1.165) is 12.6 Å². The Labute approximate surface area is 123 Å². The molecule has 0 atom stereocenters. The molecular weight excluding hydrogens is 244 g/mol. The Morgan fingerprint density at radius 3 is 2.25 bits per heavy atom. The Balaban J connectivity index is 1.66. The largest absolute Gasteiger partial charge is 0.330 e. The molecule has 3 rings (SSSR count). The fourth-order valence-electron chi connectivity index (χ4n) is 4.17. The molecule has 20 heavy (non-hydrogen) atoms. The topological polar surface area (TPSA) is 29.3 Å². The van der Waals surface area contributed by atoms with Gasteiger partial charge in [0.25, 0.3) is 0 Å². The second-order valence-electron chi connectivity index (χ2n) is 6.68. The third-order valence-corrected chi connectivity index (χ3v) is 5.62. The van der Waals surface area contributed by atoms with E-state index in [4.69, 9.17) is 5.73 Å². The van der Waals surface area contributed by atoms with Gasteiger partial charge in [-0.25, -0.2) is 0 Å². The van der Waals surface area contributed by atoms with E-state index in [0.29, 0.717) is 0 Å². The summed E-state index contributed by atoms with van der Waals surface area (Å²) in [6.45, 7) is 3.25. The van der Waals surface area contributed by atoms with Crippen LogP contribution in [-0.4, -0.2) is 30.6 Å². The molecule has 2 fully saturated rings. The van der Waals surface area contributed by atoms with Crippen LogP contribution in [-0.2, 0) is 5.41 Å². The number of hydrogen-bond donors (Lipinski definition) is 1. The van der Waals surface area contributed by atoms with Gasteiger partial charge in [0.05, 0.1) is 0 Å². The summed E-state index contributed by atoms with van der Waals surface area (Å²) in [5, 5.41) is 0. The molecule has 2 N–H and O–H groups in total. The predicted molar refractivity (Wildman–Crippen MR) is 84.9 cm³/mol. The van der Waals surface area contributed by atoms with E-state index in [2.05, 4.69) is 35.2 Å². The zero-order valence-corrected chi connectivity index (χ0v) is 12.6. The van der Waals surface area contributed by atoms with Crippen molar-refractivity contribution >= 4 is 0 Å². The smallest absolute Gasteiger partial charge is 0.00998 e. The zero-order chi connectivity index (χ0) is 13.8. The van der Waals surface area contributed by atoms with Crippen molar-refractivity contribution in [3.05, 3.63) is 35.9 Å². The monoisotopic (exact) mass is 272 g/mol. The van der Waals surface area contributed by atoms with Gasteiger partial charge in [-0.15, -0.1) is 0 Å². The maximum absolute atomic E-state index is 6.18. The van der Waals surface area contributed by atoms with Crippen LogP contribution in [0, 0.1) is 0 Å². The van der Waals surface area contributed by atoms with Crippen LogP contribution < -0.4 is 5.73 Å². The lowest BCUT2D eigenvalue weighted by atomic mass is 9.72. The summed E-state index contributed by atoms with van der Waals surface area (Å²) in [6, 6.07) is 11.8. The van der Waals surface area contributed by atoms with Crippen LogP contribution >= 0.6 is 0 Å².